The van der Waals surface area contributed by atoms with Gasteiger partial charge in [0.15, 0.2) is 0 Å². The van der Waals surface area contributed by atoms with Crippen molar-refractivity contribution < 1.29 is 13.9 Å². The number of hydrogen-bond acceptors (Lipinski definition) is 3. The van der Waals surface area contributed by atoms with Gasteiger partial charge in [0.2, 0.25) is 5.91 Å². The van der Waals surface area contributed by atoms with Crippen LogP contribution >= 0.6 is 0 Å². The minimum atomic E-state index is -0.156. The highest BCUT2D eigenvalue weighted by Gasteiger charge is 2.14. The van der Waals surface area contributed by atoms with Crippen LogP contribution in [-0.2, 0) is 16.0 Å². The van der Waals surface area contributed by atoms with Crippen molar-refractivity contribution in [2.75, 3.05) is 13.7 Å². The molecule has 0 saturated carbocycles. The number of carbonyl (C=O) groups is 1. The lowest BCUT2D eigenvalue weighted by atomic mass is 10.0. The Labute approximate surface area is 147 Å². The van der Waals surface area contributed by atoms with Gasteiger partial charge >= 0.3 is 0 Å². The summed E-state index contributed by atoms with van der Waals surface area (Å²) < 4.78 is 11.1. The highest BCUT2D eigenvalue weighted by molar-refractivity contribution is 5.88. The van der Waals surface area contributed by atoms with Crippen molar-refractivity contribution in [3.05, 3.63) is 71.0 Å². The summed E-state index contributed by atoms with van der Waals surface area (Å²) in [6.07, 6.45) is 1.81. The molecular formula is C21H23NO3. The van der Waals surface area contributed by atoms with Crippen molar-refractivity contribution in [2.45, 2.75) is 26.4 Å². The molecule has 4 nitrogen and oxygen atoms in total. The Balaban J connectivity index is 1.66. The van der Waals surface area contributed by atoms with Crippen molar-refractivity contribution in [2.24, 2.45) is 0 Å². The number of rotatable bonds is 6. The summed E-state index contributed by atoms with van der Waals surface area (Å²) in [7, 11) is 1.65. The molecule has 4 heteroatoms. The molecule has 0 aliphatic rings. The van der Waals surface area contributed by atoms with E-state index in [1.165, 1.54) is 11.1 Å². The zero-order valence-electron chi connectivity index (χ0n) is 14.8. The molecule has 0 fully saturated rings. The highest BCUT2D eigenvalue weighted by Crippen LogP contribution is 2.25. The third-order valence-corrected chi connectivity index (χ3v) is 4.56. The first-order valence-corrected chi connectivity index (χ1v) is 8.40. The second-order valence-electron chi connectivity index (χ2n) is 6.31. The number of amides is 1. The summed E-state index contributed by atoms with van der Waals surface area (Å²) in [5.41, 5.74) is 5.15. The van der Waals surface area contributed by atoms with Gasteiger partial charge in [-0.05, 0) is 42.7 Å². The molecule has 0 spiro atoms. The van der Waals surface area contributed by atoms with E-state index in [0.717, 1.165) is 22.1 Å². The molecular weight excluding hydrogens is 314 g/mol. The lowest BCUT2D eigenvalue weighted by molar-refractivity contribution is -0.121. The fourth-order valence-corrected chi connectivity index (χ4v) is 2.92. The fourth-order valence-electron chi connectivity index (χ4n) is 2.92. The summed E-state index contributed by atoms with van der Waals surface area (Å²) in [5, 5.41) is 3.96. The summed E-state index contributed by atoms with van der Waals surface area (Å²) in [4.78, 5) is 12.3. The van der Waals surface area contributed by atoms with E-state index in [4.69, 9.17) is 9.15 Å². The van der Waals surface area contributed by atoms with E-state index in [-0.39, 0.29) is 12.0 Å². The van der Waals surface area contributed by atoms with Crippen molar-refractivity contribution in [1.82, 2.24) is 5.32 Å². The quantitative estimate of drug-likeness (QED) is 0.737. The van der Waals surface area contributed by atoms with Gasteiger partial charge in [-0.2, -0.15) is 0 Å². The van der Waals surface area contributed by atoms with E-state index in [0.29, 0.717) is 13.0 Å². The van der Waals surface area contributed by atoms with Crippen LogP contribution in [0.3, 0.4) is 0 Å². The fraction of sp³-hybridized carbons (Fsp3) is 0.286. The molecule has 1 heterocycles. The normalized spacial score (nSPS) is 12.3. The first kappa shape index (κ1) is 17.2. The molecule has 1 amide bonds. The molecule has 3 aromatic rings. The lowest BCUT2D eigenvalue weighted by Gasteiger charge is -2.16. The molecule has 3 rings (SSSR count). The molecule has 130 valence electrons. The Morgan fingerprint density at radius 1 is 1.16 bits per heavy atom. The van der Waals surface area contributed by atoms with E-state index in [1.54, 1.807) is 13.4 Å². The van der Waals surface area contributed by atoms with Crippen LogP contribution in [0.5, 0.6) is 0 Å². The van der Waals surface area contributed by atoms with Crippen LogP contribution in [0.1, 0.15) is 28.4 Å². The number of aryl methyl sites for hydroxylation is 2. The Bertz CT molecular complexity index is 867. The zero-order chi connectivity index (χ0) is 17.8. The van der Waals surface area contributed by atoms with Gasteiger partial charge in [0, 0.05) is 24.6 Å². The molecule has 0 aliphatic heterocycles. The lowest BCUT2D eigenvalue weighted by Crippen LogP contribution is -2.30. The molecule has 0 bridgehead atoms. The summed E-state index contributed by atoms with van der Waals surface area (Å²) in [5.74, 6) is -0.0427. The maximum absolute atomic E-state index is 12.3. The number of benzene rings is 2. The Morgan fingerprint density at radius 2 is 1.88 bits per heavy atom. The third kappa shape index (κ3) is 3.91. The number of ether oxygens (including phenoxy) is 1. The van der Waals surface area contributed by atoms with Gasteiger partial charge in [-0.15, -0.1) is 0 Å². The molecule has 0 radical (unpaired) electrons. The first-order valence-electron chi connectivity index (χ1n) is 8.40. The molecule has 0 aliphatic carbocycles. The average molecular weight is 337 g/mol. The standard InChI is InChI=1S/C21H23NO3/c1-14-9-18-17(13-25-19(18)10-15(14)2)11-21(23)22-12-20(24-3)16-7-5-4-6-8-16/h4-10,13,20H,11-12H2,1-3H3,(H,22,23)/t20-/m1/s1. The summed E-state index contributed by atoms with van der Waals surface area (Å²) in [6, 6.07) is 14.0. The Morgan fingerprint density at radius 3 is 2.60 bits per heavy atom. The SMILES string of the molecule is CO[C@H](CNC(=O)Cc1coc2cc(C)c(C)cc12)c1ccccc1. The van der Waals surface area contributed by atoms with E-state index in [9.17, 15) is 4.79 Å². The van der Waals surface area contributed by atoms with Crippen LogP contribution in [-0.4, -0.2) is 19.6 Å². The first-order chi connectivity index (χ1) is 12.1. The van der Waals surface area contributed by atoms with Crippen LogP contribution in [0, 0.1) is 13.8 Å². The second-order valence-corrected chi connectivity index (χ2v) is 6.31. The van der Waals surface area contributed by atoms with E-state index < -0.39 is 0 Å². The van der Waals surface area contributed by atoms with Gasteiger partial charge in [-0.25, -0.2) is 0 Å². The maximum Gasteiger partial charge on any atom is 0.224 e. The number of furan rings is 1. The molecule has 2 aromatic carbocycles. The molecule has 25 heavy (non-hydrogen) atoms. The topological polar surface area (TPSA) is 51.5 Å². The van der Waals surface area contributed by atoms with Crippen molar-refractivity contribution >= 4 is 16.9 Å². The number of fused-ring (bicyclic) bond motifs is 1. The smallest absolute Gasteiger partial charge is 0.224 e. The van der Waals surface area contributed by atoms with Gasteiger partial charge in [0.25, 0.3) is 0 Å². The van der Waals surface area contributed by atoms with E-state index in [2.05, 4.69) is 25.2 Å². The molecule has 1 N–H and O–H groups in total. The van der Waals surface area contributed by atoms with Gasteiger partial charge in [0.1, 0.15) is 5.58 Å². The number of hydrogen-bond donors (Lipinski definition) is 1. The number of methoxy groups -OCH3 is 1. The van der Waals surface area contributed by atoms with Crippen LogP contribution in [0.4, 0.5) is 0 Å². The highest BCUT2D eigenvalue weighted by atomic mass is 16.5. The van der Waals surface area contributed by atoms with Crippen LogP contribution in [0.25, 0.3) is 11.0 Å². The third-order valence-electron chi connectivity index (χ3n) is 4.56. The van der Waals surface area contributed by atoms with Gasteiger partial charge in [0.05, 0.1) is 18.8 Å². The summed E-state index contributed by atoms with van der Waals surface area (Å²) in [6.45, 7) is 4.56. The Hall–Kier alpha value is -2.59. The summed E-state index contributed by atoms with van der Waals surface area (Å²) >= 11 is 0. The van der Waals surface area contributed by atoms with Gasteiger partial charge in [-0.3, -0.25) is 4.79 Å². The largest absolute Gasteiger partial charge is 0.464 e. The Kier molecular flexibility index (Phi) is 5.19. The van der Waals surface area contributed by atoms with Gasteiger partial charge < -0.3 is 14.5 Å². The van der Waals surface area contributed by atoms with E-state index in [1.807, 2.05) is 36.4 Å². The van der Waals surface area contributed by atoms with Crippen molar-refractivity contribution in [1.29, 1.82) is 0 Å². The number of nitrogens with one attached hydrogen (secondary N) is 1. The van der Waals surface area contributed by atoms with Crippen LogP contribution in [0.15, 0.2) is 53.1 Å². The molecule has 0 saturated heterocycles. The van der Waals surface area contributed by atoms with Gasteiger partial charge in [-0.1, -0.05) is 30.3 Å². The number of carbonyl (C=O) groups excluding carboxylic acids is 1. The second kappa shape index (κ2) is 7.53. The average Bonchev–Trinajstić information content (AvgIpc) is 2.98. The van der Waals surface area contributed by atoms with E-state index >= 15 is 0 Å². The van der Waals surface area contributed by atoms with Crippen LogP contribution < -0.4 is 5.32 Å². The predicted octanol–water partition coefficient (Wildman–Crippen LogP) is 4.10. The monoisotopic (exact) mass is 337 g/mol. The van der Waals surface area contributed by atoms with Crippen molar-refractivity contribution in [3.63, 3.8) is 0 Å². The minimum absolute atomic E-state index is 0.0427. The molecule has 1 atom stereocenters. The van der Waals surface area contributed by atoms with Crippen LogP contribution in [0.2, 0.25) is 0 Å². The maximum atomic E-state index is 12.3. The zero-order valence-corrected chi connectivity index (χ0v) is 14.8. The molecule has 0 unspecified atom stereocenters. The predicted molar refractivity (Wildman–Crippen MR) is 98.6 cm³/mol. The molecule has 1 aromatic heterocycles. The minimum Gasteiger partial charge on any atom is -0.464 e. The van der Waals surface area contributed by atoms with Crippen molar-refractivity contribution in [3.8, 4) is 0 Å².